The van der Waals surface area contributed by atoms with E-state index in [4.69, 9.17) is 0 Å². The third-order valence-corrected chi connectivity index (χ3v) is 4.01. The third-order valence-electron chi connectivity index (χ3n) is 4.01. The Morgan fingerprint density at radius 3 is 2.80 bits per heavy atom. The number of aromatic amines is 2. The predicted octanol–water partition coefficient (Wildman–Crippen LogP) is 1.49. The number of amides is 2. The van der Waals surface area contributed by atoms with Crippen molar-refractivity contribution in [3.05, 3.63) is 47.4 Å². The first kappa shape index (κ1) is 16.7. The molecular weight excluding hydrogens is 320 g/mol. The second kappa shape index (κ2) is 7.16. The molecule has 130 valence electrons. The molecule has 3 aromatic rings. The normalized spacial score (nSPS) is 10.8. The van der Waals surface area contributed by atoms with Crippen LogP contribution in [0.5, 0.6) is 0 Å². The van der Waals surface area contributed by atoms with Crippen molar-refractivity contribution in [1.82, 2.24) is 30.6 Å². The van der Waals surface area contributed by atoms with E-state index in [9.17, 15) is 9.59 Å². The van der Waals surface area contributed by atoms with Gasteiger partial charge in [0.1, 0.15) is 5.69 Å². The molecule has 3 rings (SSSR count). The second-order valence-electron chi connectivity index (χ2n) is 5.76. The van der Waals surface area contributed by atoms with Crippen LogP contribution >= 0.6 is 0 Å². The van der Waals surface area contributed by atoms with Gasteiger partial charge in [-0.25, -0.2) is 0 Å². The molecule has 3 N–H and O–H groups in total. The number of carbonyl (C=O) groups is 2. The van der Waals surface area contributed by atoms with Gasteiger partial charge in [0, 0.05) is 31.2 Å². The fourth-order valence-electron chi connectivity index (χ4n) is 2.73. The standard InChI is InChI=1S/C17H20N6O2/c1-3-23(7-6-18-16(24)14-4-5-19-21-14)17(25)13-9-11(2)8-12-10-20-22-15(12)13/h4-5,8-10H,3,6-7H2,1-2H3,(H,18,24)(H,19,21)(H,20,22). The smallest absolute Gasteiger partial charge is 0.269 e. The van der Waals surface area contributed by atoms with E-state index >= 15 is 0 Å². The van der Waals surface area contributed by atoms with Crippen molar-refractivity contribution < 1.29 is 9.59 Å². The van der Waals surface area contributed by atoms with Crippen LogP contribution in [0.15, 0.2) is 30.6 Å². The SMILES string of the molecule is CCN(CCNC(=O)c1ccn[nH]1)C(=O)c1cc(C)cc2cn[nH]c12. The molecule has 0 atom stereocenters. The number of hydrogen-bond donors (Lipinski definition) is 3. The first-order valence-electron chi connectivity index (χ1n) is 8.10. The molecular formula is C17H20N6O2. The Balaban J connectivity index is 1.68. The molecule has 0 bridgehead atoms. The van der Waals surface area contributed by atoms with Crippen molar-refractivity contribution in [2.45, 2.75) is 13.8 Å². The average molecular weight is 340 g/mol. The van der Waals surface area contributed by atoms with E-state index in [1.807, 2.05) is 26.0 Å². The van der Waals surface area contributed by atoms with Crippen LogP contribution in [0, 0.1) is 6.92 Å². The Bertz CT molecular complexity index is 884. The van der Waals surface area contributed by atoms with Gasteiger partial charge in [0.05, 0.1) is 17.3 Å². The highest BCUT2D eigenvalue weighted by Gasteiger charge is 2.18. The Morgan fingerprint density at radius 2 is 2.08 bits per heavy atom. The summed E-state index contributed by atoms with van der Waals surface area (Å²) < 4.78 is 0. The van der Waals surface area contributed by atoms with Crippen LogP contribution in [0.3, 0.4) is 0 Å². The van der Waals surface area contributed by atoms with Crippen molar-refractivity contribution in [3.8, 4) is 0 Å². The fourth-order valence-corrected chi connectivity index (χ4v) is 2.73. The molecule has 1 aromatic carbocycles. The number of hydrogen-bond acceptors (Lipinski definition) is 4. The zero-order chi connectivity index (χ0) is 17.8. The van der Waals surface area contributed by atoms with Gasteiger partial charge < -0.3 is 10.2 Å². The van der Waals surface area contributed by atoms with Crippen molar-refractivity contribution in [2.75, 3.05) is 19.6 Å². The van der Waals surface area contributed by atoms with Gasteiger partial charge in [-0.15, -0.1) is 0 Å². The maximum atomic E-state index is 12.9. The van der Waals surface area contributed by atoms with Crippen LogP contribution in [0.25, 0.3) is 10.9 Å². The Kier molecular flexibility index (Phi) is 4.78. The third kappa shape index (κ3) is 3.52. The lowest BCUT2D eigenvalue weighted by Crippen LogP contribution is -2.38. The summed E-state index contributed by atoms with van der Waals surface area (Å²) in [6.07, 6.45) is 3.23. The van der Waals surface area contributed by atoms with Gasteiger partial charge in [0.25, 0.3) is 11.8 Å². The van der Waals surface area contributed by atoms with Crippen LogP contribution in [0.1, 0.15) is 33.3 Å². The van der Waals surface area contributed by atoms with Gasteiger partial charge in [-0.3, -0.25) is 19.8 Å². The van der Waals surface area contributed by atoms with E-state index in [1.165, 1.54) is 6.20 Å². The van der Waals surface area contributed by atoms with E-state index in [1.54, 1.807) is 17.2 Å². The molecule has 0 saturated carbocycles. The molecule has 2 aromatic heterocycles. The zero-order valence-electron chi connectivity index (χ0n) is 14.2. The maximum Gasteiger partial charge on any atom is 0.269 e. The number of carbonyl (C=O) groups excluding carboxylic acids is 2. The minimum Gasteiger partial charge on any atom is -0.349 e. The van der Waals surface area contributed by atoms with Crippen LogP contribution < -0.4 is 5.32 Å². The molecule has 8 nitrogen and oxygen atoms in total. The molecule has 0 saturated heterocycles. The number of aromatic nitrogens is 4. The highest BCUT2D eigenvalue weighted by Crippen LogP contribution is 2.20. The van der Waals surface area contributed by atoms with Crippen LogP contribution in [0.4, 0.5) is 0 Å². The molecule has 0 unspecified atom stereocenters. The van der Waals surface area contributed by atoms with Crippen molar-refractivity contribution in [1.29, 1.82) is 0 Å². The lowest BCUT2D eigenvalue weighted by atomic mass is 10.1. The number of H-pyrrole nitrogens is 2. The minimum atomic E-state index is -0.243. The number of nitrogens with one attached hydrogen (secondary N) is 3. The summed E-state index contributed by atoms with van der Waals surface area (Å²) >= 11 is 0. The summed E-state index contributed by atoms with van der Waals surface area (Å²) in [6, 6.07) is 5.44. The summed E-state index contributed by atoms with van der Waals surface area (Å²) in [4.78, 5) is 26.5. The molecule has 2 amide bonds. The zero-order valence-corrected chi connectivity index (χ0v) is 14.2. The van der Waals surface area contributed by atoms with Gasteiger partial charge in [-0.2, -0.15) is 10.2 Å². The van der Waals surface area contributed by atoms with Crippen molar-refractivity contribution in [3.63, 3.8) is 0 Å². The summed E-state index contributed by atoms with van der Waals surface area (Å²) in [5.41, 5.74) is 2.72. The number of nitrogens with zero attached hydrogens (tertiary/aromatic N) is 3. The Morgan fingerprint density at radius 1 is 1.24 bits per heavy atom. The number of benzene rings is 1. The lowest BCUT2D eigenvalue weighted by molar-refractivity contribution is 0.0758. The topological polar surface area (TPSA) is 107 Å². The highest BCUT2D eigenvalue weighted by atomic mass is 16.2. The van der Waals surface area contributed by atoms with Gasteiger partial charge in [-0.1, -0.05) is 0 Å². The maximum absolute atomic E-state index is 12.9. The molecule has 8 heteroatoms. The molecule has 0 spiro atoms. The number of rotatable bonds is 6. The highest BCUT2D eigenvalue weighted by molar-refractivity contribution is 6.05. The van der Waals surface area contributed by atoms with Gasteiger partial charge in [-0.05, 0) is 37.6 Å². The fraction of sp³-hybridized carbons (Fsp3) is 0.294. The quantitative estimate of drug-likeness (QED) is 0.632. The van der Waals surface area contributed by atoms with E-state index in [-0.39, 0.29) is 11.8 Å². The van der Waals surface area contributed by atoms with Crippen molar-refractivity contribution in [2.24, 2.45) is 0 Å². The van der Waals surface area contributed by atoms with Gasteiger partial charge in [0.2, 0.25) is 0 Å². The number of fused-ring (bicyclic) bond motifs is 1. The van der Waals surface area contributed by atoms with E-state index in [0.717, 1.165) is 16.5 Å². The summed E-state index contributed by atoms with van der Waals surface area (Å²) in [5.74, 6) is -0.330. The molecule has 0 aliphatic carbocycles. The molecule has 0 aliphatic rings. The van der Waals surface area contributed by atoms with Crippen LogP contribution in [0.2, 0.25) is 0 Å². The molecule has 0 fully saturated rings. The molecule has 0 aliphatic heterocycles. The Labute approximate surface area is 144 Å². The van der Waals surface area contributed by atoms with Gasteiger partial charge in [0.15, 0.2) is 0 Å². The molecule has 25 heavy (non-hydrogen) atoms. The Hall–Kier alpha value is -3.16. The first-order valence-corrected chi connectivity index (χ1v) is 8.10. The average Bonchev–Trinajstić information content (AvgIpc) is 3.28. The summed E-state index contributed by atoms with van der Waals surface area (Å²) in [6.45, 7) is 5.18. The molecule has 2 heterocycles. The summed E-state index contributed by atoms with van der Waals surface area (Å²) in [5, 5.41) is 16.9. The van der Waals surface area contributed by atoms with Crippen molar-refractivity contribution >= 4 is 22.7 Å². The first-order chi connectivity index (χ1) is 12.1. The van der Waals surface area contributed by atoms with E-state index < -0.39 is 0 Å². The lowest BCUT2D eigenvalue weighted by Gasteiger charge is -2.21. The monoisotopic (exact) mass is 340 g/mol. The van der Waals surface area contributed by atoms with E-state index in [2.05, 4.69) is 25.7 Å². The summed E-state index contributed by atoms with van der Waals surface area (Å²) in [7, 11) is 0. The molecule has 0 radical (unpaired) electrons. The van der Waals surface area contributed by atoms with E-state index in [0.29, 0.717) is 30.9 Å². The van der Waals surface area contributed by atoms with Crippen LogP contribution in [-0.2, 0) is 0 Å². The van der Waals surface area contributed by atoms with Gasteiger partial charge >= 0.3 is 0 Å². The second-order valence-corrected chi connectivity index (χ2v) is 5.76. The largest absolute Gasteiger partial charge is 0.349 e. The van der Waals surface area contributed by atoms with Crippen LogP contribution in [-0.4, -0.2) is 56.7 Å². The number of likely N-dealkylation sites (N-methyl/N-ethyl adjacent to an activating group) is 1. The predicted molar refractivity (Wildman–Crippen MR) is 93.3 cm³/mol. The minimum absolute atomic E-state index is 0.0868. The number of aryl methyl sites for hydroxylation is 1.